The van der Waals surface area contributed by atoms with Crippen LogP contribution in [0.5, 0.6) is 17.2 Å². The van der Waals surface area contributed by atoms with Gasteiger partial charge in [-0.15, -0.1) is 0 Å². The molecule has 1 N–H and O–H groups in total. The number of rotatable bonds is 6. The van der Waals surface area contributed by atoms with Crippen molar-refractivity contribution in [2.45, 2.75) is 64.1 Å². The van der Waals surface area contributed by atoms with Gasteiger partial charge in [-0.25, -0.2) is 0 Å². The minimum atomic E-state index is -0.741. The predicted molar refractivity (Wildman–Crippen MR) is 109 cm³/mol. The number of hydrogen-bond acceptors (Lipinski definition) is 5. The van der Waals surface area contributed by atoms with Crippen LogP contribution in [0.1, 0.15) is 58.1 Å². The van der Waals surface area contributed by atoms with Gasteiger partial charge in [-0.1, -0.05) is 12.8 Å². The molecule has 1 saturated heterocycles. The lowest BCUT2D eigenvalue weighted by Crippen LogP contribution is -2.65. The maximum absolute atomic E-state index is 13.3. The molecule has 2 fully saturated rings. The molecule has 1 aromatic rings. The Morgan fingerprint density at radius 3 is 2.17 bits per heavy atom. The van der Waals surface area contributed by atoms with Crippen LogP contribution in [-0.4, -0.2) is 49.6 Å². The fourth-order valence-corrected chi connectivity index (χ4v) is 4.46. The second-order valence-electron chi connectivity index (χ2n) is 8.80. The molecule has 0 aromatic heterocycles. The zero-order valence-electron chi connectivity index (χ0n) is 18.2. The highest BCUT2D eigenvalue weighted by Gasteiger charge is 2.53. The Kier molecular flexibility index (Phi) is 5.96. The molecule has 0 spiro atoms. The summed E-state index contributed by atoms with van der Waals surface area (Å²) in [6.07, 6.45) is 3.99. The molecule has 7 nitrogen and oxygen atoms in total. The third-order valence-electron chi connectivity index (χ3n) is 5.69. The van der Waals surface area contributed by atoms with E-state index in [1.54, 1.807) is 17.0 Å². The van der Waals surface area contributed by atoms with Gasteiger partial charge in [-0.3, -0.25) is 9.59 Å². The lowest BCUT2D eigenvalue weighted by molar-refractivity contribution is -0.169. The molecule has 1 unspecified atom stereocenters. The first-order chi connectivity index (χ1) is 13.7. The Labute approximate surface area is 172 Å². The molecule has 3 atom stereocenters. The van der Waals surface area contributed by atoms with E-state index in [4.69, 9.17) is 14.2 Å². The number of benzene rings is 1. The molecule has 1 heterocycles. The molecule has 0 radical (unpaired) electrons. The van der Waals surface area contributed by atoms with E-state index in [9.17, 15) is 9.59 Å². The summed E-state index contributed by atoms with van der Waals surface area (Å²) >= 11 is 0. The first-order valence-electron chi connectivity index (χ1n) is 10.2. The maximum atomic E-state index is 13.3. The van der Waals surface area contributed by atoms with Crippen molar-refractivity contribution in [1.29, 1.82) is 0 Å². The summed E-state index contributed by atoms with van der Waals surface area (Å²) in [5.74, 6) is 1.27. The highest BCUT2D eigenvalue weighted by Crippen LogP contribution is 2.46. The highest BCUT2D eigenvalue weighted by molar-refractivity contribution is 5.94. The van der Waals surface area contributed by atoms with Gasteiger partial charge in [0.1, 0.15) is 6.04 Å². The van der Waals surface area contributed by atoms with Crippen molar-refractivity contribution in [2.75, 3.05) is 21.3 Å². The minimum absolute atomic E-state index is 0.0377. The number of nitrogens with one attached hydrogen (secondary N) is 1. The summed E-state index contributed by atoms with van der Waals surface area (Å²) in [4.78, 5) is 28.1. The first kappa shape index (κ1) is 21.3. The number of likely N-dealkylation sites (tertiary alicyclic amines) is 1. The smallest absolute Gasteiger partial charge is 0.247 e. The van der Waals surface area contributed by atoms with Gasteiger partial charge in [0, 0.05) is 11.6 Å². The number of carbonyl (C=O) groups is 2. The van der Waals surface area contributed by atoms with Crippen LogP contribution < -0.4 is 19.5 Å². The average Bonchev–Trinajstić information content (AvgIpc) is 2.68. The fourth-order valence-electron chi connectivity index (χ4n) is 4.46. The van der Waals surface area contributed by atoms with E-state index in [-0.39, 0.29) is 23.8 Å². The number of fused-ring (bicyclic) bond motifs is 1. The van der Waals surface area contributed by atoms with Crippen LogP contribution in [-0.2, 0) is 9.59 Å². The lowest BCUT2D eigenvalue weighted by atomic mass is 9.74. The number of hydrogen-bond donors (Lipinski definition) is 1. The van der Waals surface area contributed by atoms with Crippen LogP contribution in [0.2, 0.25) is 0 Å². The molecule has 2 amide bonds. The number of carbonyl (C=O) groups excluding carboxylic acids is 2. The Morgan fingerprint density at radius 2 is 1.66 bits per heavy atom. The summed E-state index contributed by atoms with van der Waals surface area (Å²) in [5.41, 5.74) is 0.231. The van der Waals surface area contributed by atoms with E-state index in [1.165, 1.54) is 21.3 Å². The van der Waals surface area contributed by atoms with Crippen molar-refractivity contribution < 1.29 is 23.8 Å². The van der Waals surface area contributed by atoms with Crippen molar-refractivity contribution in [1.82, 2.24) is 10.2 Å². The zero-order valence-corrected chi connectivity index (χ0v) is 18.2. The number of β-lactam (4-membered cyclic amide) rings is 1. The first-order valence-corrected chi connectivity index (χ1v) is 10.2. The average molecular weight is 405 g/mol. The normalized spacial score (nSPS) is 22.3. The summed E-state index contributed by atoms with van der Waals surface area (Å²) in [6.45, 7) is 5.79. The van der Waals surface area contributed by atoms with E-state index in [0.29, 0.717) is 22.8 Å². The van der Waals surface area contributed by atoms with Crippen molar-refractivity contribution in [3.63, 3.8) is 0 Å². The zero-order chi connectivity index (χ0) is 21.3. The molecule has 1 aliphatic heterocycles. The second kappa shape index (κ2) is 8.13. The van der Waals surface area contributed by atoms with Crippen LogP contribution in [0.15, 0.2) is 12.1 Å². The number of amides is 2. The predicted octanol–water partition coefficient (Wildman–Crippen LogP) is 3.07. The summed E-state index contributed by atoms with van der Waals surface area (Å²) in [7, 11) is 4.62. The fraction of sp³-hybridized carbons (Fsp3) is 0.636. The molecule has 1 aromatic carbocycles. The SMILES string of the molecule is COc1cc(C(C(=O)NC(C)(C)C)N2C(=O)[C@@H]3CCCC[C@@H]32)cc(OC)c1OC. The molecule has 1 saturated carbocycles. The number of nitrogens with zero attached hydrogens (tertiary/aromatic N) is 1. The largest absolute Gasteiger partial charge is 0.493 e. The summed E-state index contributed by atoms with van der Waals surface area (Å²) in [5, 5.41) is 3.04. The minimum Gasteiger partial charge on any atom is -0.493 e. The van der Waals surface area contributed by atoms with Gasteiger partial charge in [0.15, 0.2) is 11.5 Å². The molecule has 160 valence electrons. The van der Waals surface area contributed by atoms with Crippen molar-refractivity contribution in [3.05, 3.63) is 17.7 Å². The molecule has 0 bridgehead atoms. The van der Waals surface area contributed by atoms with Crippen LogP contribution in [0.3, 0.4) is 0 Å². The Balaban J connectivity index is 2.06. The highest BCUT2D eigenvalue weighted by atomic mass is 16.5. The van der Waals surface area contributed by atoms with Gasteiger partial charge in [0.25, 0.3) is 0 Å². The van der Waals surface area contributed by atoms with Crippen LogP contribution in [0.4, 0.5) is 0 Å². The molecule has 1 aliphatic carbocycles. The molecule has 29 heavy (non-hydrogen) atoms. The van der Waals surface area contributed by atoms with E-state index >= 15 is 0 Å². The third-order valence-corrected chi connectivity index (χ3v) is 5.69. The molecular formula is C22H32N2O5. The van der Waals surface area contributed by atoms with Crippen molar-refractivity contribution >= 4 is 11.8 Å². The van der Waals surface area contributed by atoms with Crippen molar-refractivity contribution in [2.24, 2.45) is 5.92 Å². The van der Waals surface area contributed by atoms with Gasteiger partial charge < -0.3 is 24.4 Å². The number of methoxy groups -OCH3 is 3. The summed E-state index contributed by atoms with van der Waals surface area (Å²) < 4.78 is 16.4. The van der Waals surface area contributed by atoms with E-state index in [1.807, 2.05) is 20.8 Å². The van der Waals surface area contributed by atoms with Crippen molar-refractivity contribution in [3.8, 4) is 17.2 Å². The lowest BCUT2D eigenvalue weighted by Gasteiger charge is -2.53. The van der Waals surface area contributed by atoms with Gasteiger partial charge >= 0.3 is 0 Å². The van der Waals surface area contributed by atoms with E-state index < -0.39 is 11.6 Å². The van der Waals surface area contributed by atoms with E-state index in [0.717, 1.165) is 25.7 Å². The van der Waals surface area contributed by atoms with Gasteiger partial charge in [-0.05, 0) is 51.3 Å². The molecule has 2 aliphatic rings. The standard InChI is InChI=1S/C22H32N2O5/c1-22(2,3)23-20(25)18(24-15-10-8-7-9-14(15)21(24)26)13-11-16(27-4)19(29-6)17(12-13)28-5/h11-12,14-15,18H,7-10H2,1-6H3,(H,23,25)/t14-,15+,18?/m1/s1. The topological polar surface area (TPSA) is 77.1 Å². The molecular weight excluding hydrogens is 372 g/mol. The van der Waals surface area contributed by atoms with Crippen LogP contribution in [0, 0.1) is 5.92 Å². The molecule has 7 heteroatoms. The Bertz CT molecular complexity index is 761. The Hall–Kier alpha value is -2.44. The van der Waals surface area contributed by atoms with Crippen LogP contribution >= 0.6 is 0 Å². The monoisotopic (exact) mass is 404 g/mol. The van der Waals surface area contributed by atoms with Gasteiger partial charge in [0.05, 0.1) is 27.2 Å². The quantitative estimate of drug-likeness (QED) is 0.738. The van der Waals surface area contributed by atoms with Gasteiger partial charge in [0.2, 0.25) is 17.6 Å². The van der Waals surface area contributed by atoms with Gasteiger partial charge in [-0.2, -0.15) is 0 Å². The maximum Gasteiger partial charge on any atom is 0.247 e. The Morgan fingerprint density at radius 1 is 1.07 bits per heavy atom. The van der Waals surface area contributed by atoms with Crippen LogP contribution in [0.25, 0.3) is 0 Å². The second-order valence-corrected chi connectivity index (χ2v) is 8.80. The number of ether oxygens (including phenoxy) is 3. The van der Waals surface area contributed by atoms with E-state index in [2.05, 4.69) is 5.32 Å². The molecule has 3 rings (SSSR count). The third kappa shape index (κ3) is 4.00. The summed E-state index contributed by atoms with van der Waals surface area (Å²) in [6, 6.07) is 2.89.